The molecule has 0 aromatic carbocycles. The van der Waals surface area contributed by atoms with Crippen molar-refractivity contribution in [2.75, 3.05) is 23.0 Å². The zero-order chi connectivity index (χ0) is 35.9. The Morgan fingerprint density at radius 3 is 2.20 bits per heavy atom. The van der Waals surface area contributed by atoms with Crippen LogP contribution >= 0.6 is 23.5 Å². The van der Waals surface area contributed by atoms with Gasteiger partial charge >= 0.3 is 12.4 Å². The lowest BCUT2D eigenvalue weighted by atomic mass is 9.55. The van der Waals surface area contributed by atoms with Gasteiger partial charge in [0.1, 0.15) is 0 Å². The Bertz CT molecular complexity index is 1360. The molecule has 0 aromatic rings. The van der Waals surface area contributed by atoms with Crippen LogP contribution in [0.1, 0.15) is 92.4 Å². The molecular weight excluding hydrogens is 707 g/mol. The minimum absolute atomic E-state index is 0.0748. The molecule has 1 spiro atoms. The van der Waals surface area contributed by atoms with Crippen molar-refractivity contribution in [1.82, 2.24) is 0 Å². The van der Waals surface area contributed by atoms with Crippen LogP contribution in [0.15, 0.2) is 22.7 Å². The topological polar surface area (TPSA) is 55.4 Å². The highest BCUT2D eigenvalue weighted by Gasteiger charge is 2.70. The molecule has 2 bridgehead atoms. The van der Waals surface area contributed by atoms with Gasteiger partial charge < -0.3 is 18.9 Å². The standard InChI is InChI=1S/C36H50F6O6S2/c1-19-11-13-32(4)26(29(36(40,41)42)44-30-27(32)22(19)9-8-21(3)43-30)18-50-16-6-15-49-17-23-25-10-7-20(2)24-12-14-33(5)46-31(34(24,25)48-47-33)45-28(23)35(37,38)39/h19-22,24-25,27,30-31H,6-18H2,1-5H3/t19-,20-,21+,22?,24?,25+,27+,30+,31-,32+,33?,34-/m1/s1. The van der Waals surface area contributed by atoms with Crippen LogP contribution in [0, 0.1) is 40.9 Å². The molecule has 2 saturated carbocycles. The van der Waals surface area contributed by atoms with Gasteiger partial charge in [0.05, 0.1) is 6.10 Å². The average molecular weight is 757 g/mol. The van der Waals surface area contributed by atoms with Crippen molar-refractivity contribution < 1.29 is 55.1 Å². The highest BCUT2D eigenvalue weighted by molar-refractivity contribution is 8.00. The predicted molar refractivity (Wildman–Crippen MR) is 177 cm³/mol. The van der Waals surface area contributed by atoms with Crippen molar-refractivity contribution in [1.29, 1.82) is 0 Å². The van der Waals surface area contributed by atoms with Gasteiger partial charge in [-0.3, -0.25) is 0 Å². The van der Waals surface area contributed by atoms with Crippen LogP contribution in [0.2, 0.25) is 0 Å². The lowest BCUT2D eigenvalue weighted by Crippen LogP contribution is -2.67. The van der Waals surface area contributed by atoms with Gasteiger partial charge in [0.15, 0.2) is 5.60 Å². The molecule has 4 saturated heterocycles. The van der Waals surface area contributed by atoms with Crippen LogP contribution in [-0.4, -0.2) is 65.4 Å². The molecule has 6 aliphatic heterocycles. The van der Waals surface area contributed by atoms with Gasteiger partial charge in [-0.2, -0.15) is 49.9 Å². The van der Waals surface area contributed by atoms with Gasteiger partial charge in [0.2, 0.25) is 29.9 Å². The second-order valence-corrected chi connectivity index (χ2v) is 18.4. The Balaban J connectivity index is 1.02. The van der Waals surface area contributed by atoms with Crippen molar-refractivity contribution in [3.8, 4) is 0 Å². The number of alkyl halides is 6. The van der Waals surface area contributed by atoms with Gasteiger partial charge in [-0.25, -0.2) is 9.78 Å². The Hall–Kier alpha value is -0.800. The maximum atomic E-state index is 14.5. The van der Waals surface area contributed by atoms with E-state index < -0.39 is 59.2 Å². The molecule has 0 aromatic heterocycles. The Labute approximate surface area is 299 Å². The van der Waals surface area contributed by atoms with E-state index in [4.69, 9.17) is 28.7 Å². The number of ether oxygens (including phenoxy) is 4. The van der Waals surface area contributed by atoms with Crippen molar-refractivity contribution in [2.24, 2.45) is 40.9 Å². The molecule has 284 valence electrons. The summed E-state index contributed by atoms with van der Waals surface area (Å²) in [5.41, 5.74) is -1.33. The van der Waals surface area contributed by atoms with E-state index in [1.54, 1.807) is 6.92 Å². The maximum absolute atomic E-state index is 14.5. The van der Waals surface area contributed by atoms with E-state index in [2.05, 4.69) is 13.8 Å². The number of allylic oxidation sites excluding steroid dienone is 2. The molecule has 0 amide bonds. The summed E-state index contributed by atoms with van der Waals surface area (Å²) in [5.74, 6) is -1.60. The van der Waals surface area contributed by atoms with E-state index in [9.17, 15) is 26.3 Å². The zero-order valence-electron chi connectivity index (χ0n) is 29.4. The first-order valence-electron chi connectivity index (χ1n) is 18.3. The summed E-state index contributed by atoms with van der Waals surface area (Å²) in [6.45, 7) is 9.86. The van der Waals surface area contributed by atoms with E-state index in [0.29, 0.717) is 55.1 Å². The van der Waals surface area contributed by atoms with Gasteiger partial charge in [-0.1, -0.05) is 20.8 Å². The van der Waals surface area contributed by atoms with Gasteiger partial charge in [-0.05, 0) is 106 Å². The monoisotopic (exact) mass is 756 g/mol. The van der Waals surface area contributed by atoms with Crippen LogP contribution in [0.5, 0.6) is 0 Å². The van der Waals surface area contributed by atoms with Crippen molar-refractivity contribution >= 4 is 23.5 Å². The summed E-state index contributed by atoms with van der Waals surface area (Å²) in [5, 5.41) is 0. The predicted octanol–water partition coefficient (Wildman–Crippen LogP) is 9.95. The molecule has 6 nitrogen and oxygen atoms in total. The summed E-state index contributed by atoms with van der Waals surface area (Å²) >= 11 is 2.83. The molecule has 12 atom stereocenters. The number of thioether (sulfide) groups is 2. The van der Waals surface area contributed by atoms with Crippen molar-refractivity contribution in [3.05, 3.63) is 22.7 Å². The molecule has 6 heterocycles. The summed E-state index contributed by atoms with van der Waals surface area (Å²) in [7, 11) is 0. The van der Waals surface area contributed by atoms with Crippen LogP contribution in [0.3, 0.4) is 0 Å². The van der Waals surface area contributed by atoms with Crippen LogP contribution in [0.4, 0.5) is 26.3 Å². The fourth-order valence-corrected chi connectivity index (χ4v) is 12.8. The minimum Gasteiger partial charge on any atom is -0.459 e. The van der Waals surface area contributed by atoms with E-state index in [0.717, 1.165) is 25.7 Å². The van der Waals surface area contributed by atoms with Crippen LogP contribution < -0.4 is 0 Å². The summed E-state index contributed by atoms with van der Waals surface area (Å²) in [6.07, 6.45) is -5.29. The van der Waals surface area contributed by atoms with Crippen LogP contribution in [0.25, 0.3) is 0 Å². The summed E-state index contributed by atoms with van der Waals surface area (Å²) in [6, 6.07) is 0. The zero-order valence-corrected chi connectivity index (χ0v) is 31.1. The Morgan fingerprint density at radius 1 is 0.760 bits per heavy atom. The molecule has 8 rings (SSSR count). The lowest BCUT2D eigenvalue weighted by Gasteiger charge is -2.57. The summed E-state index contributed by atoms with van der Waals surface area (Å²) in [4.78, 5) is 11.8. The van der Waals surface area contributed by atoms with Gasteiger partial charge in [-0.15, -0.1) is 0 Å². The largest absolute Gasteiger partial charge is 0.459 e. The van der Waals surface area contributed by atoms with E-state index in [1.165, 1.54) is 23.5 Å². The lowest BCUT2D eigenvalue weighted by molar-refractivity contribution is -0.557. The number of halogens is 6. The molecule has 3 unspecified atom stereocenters. The summed E-state index contributed by atoms with van der Waals surface area (Å²) < 4.78 is 111. The Morgan fingerprint density at radius 2 is 1.48 bits per heavy atom. The third kappa shape index (κ3) is 6.43. The third-order valence-electron chi connectivity index (χ3n) is 13.1. The first kappa shape index (κ1) is 37.5. The second kappa shape index (κ2) is 13.5. The highest BCUT2D eigenvalue weighted by atomic mass is 32.2. The second-order valence-electron chi connectivity index (χ2n) is 16.2. The van der Waals surface area contributed by atoms with Gasteiger partial charge in [0, 0.05) is 41.1 Å². The van der Waals surface area contributed by atoms with Crippen molar-refractivity contribution in [3.63, 3.8) is 0 Å². The molecular formula is C36H50F6O6S2. The van der Waals surface area contributed by atoms with Crippen molar-refractivity contribution in [2.45, 2.75) is 135 Å². The number of hydrogen-bond donors (Lipinski definition) is 0. The normalized spacial score (nSPS) is 44.5. The minimum atomic E-state index is -4.69. The molecule has 50 heavy (non-hydrogen) atoms. The van der Waals surface area contributed by atoms with Gasteiger partial charge in [0.25, 0.3) is 0 Å². The molecule has 6 fully saturated rings. The SMILES string of the molecule is C[C@@H]1CC[C@@]2(C)C(CSCCCSCC3=C(C(F)(F)F)O[C@@H]4OC5(C)CCC6[C@H](C)CC[C@@H]3[C@]64OO5)=C(C(F)(F)F)O[C@@H]3O[C@@H](C)CCC1[C@@H]32. The third-order valence-corrected chi connectivity index (χ3v) is 15.2. The number of hydrogen-bond acceptors (Lipinski definition) is 8. The smallest absolute Gasteiger partial charge is 0.449 e. The van der Waals surface area contributed by atoms with Crippen LogP contribution in [-0.2, 0) is 28.7 Å². The molecule has 2 aliphatic carbocycles. The quantitative estimate of drug-likeness (QED) is 0.138. The van der Waals surface area contributed by atoms with E-state index in [1.807, 2.05) is 13.8 Å². The molecule has 8 aliphatic rings. The molecule has 14 heteroatoms. The fraction of sp³-hybridized carbons (Fsp3) is 0.889. The van der Waals surface area contributed by atoms with E-state index >= 15 is 0 Å². The number of rotatable bonds is 8. The van der Waals surface area contributed by atoms with E-state index in [-0.39, 0.29) is 46.9 Å². The first-order valence-corrected chi connectivity index (χ1v) is 20.6. The number of fused-ring (bicyclic) bond motifs is 2. The highest BCUT2D eigenvalue weighted by Crippen LogP contribution is 2.63. The molecule has 0 N–H and O–H groups in total. The Kier molecular flexibility index (Phi) is 10.1. The average Bonchev–Trinajstić information content (AvgIpc) is 3.36. The molecule has 0 radical (unpaired) electrons. The first-order chi connectivity index (χ1) is 23.5. The maximum Gasteiger partial charge on any atom is 0.449 e. The fourth-order valence-electron chi connectivity index (χ4n) is 10.4.